The molecule has 0 aliphatic carbocycles. The van der Waals surface area contributed by atoms with E-state index in [9.17, 15) is 53.7 Å². The Morgan fingerprint density at radius 3 is 1.54 bits per heavy atom. The first-order chi connectivity index (χ1) is 22.3. The molecule has 0 fully saturated rings. The second-order valence-electron chi connectivity index (χ2n) is 11.6. The Morgan fingerprint density at radius 2 is 1.08 bits per heavy atom. The maximum Gasteiger partial charge on any atom is 0.328 e. The normalized spacial score (nSPS) is 16.0. The van der Waals surface area contributed by atoms with Crippen LogP contribution >= 0.6 is 0 Å². The van der Waals surface area contributed by atoms with Crippen molar-refractivity contribution < 1.29 is 58.8 Å². The Balaban J connectivity index is 5.96. The van der Waals surface area contributed by atoms with Gasteiger partial charge < -0.3 is 63.8 Å². The molecule has 0 spiro atoms. The lowest BCUT2D eigenvalue weighted by Gasteiger charge is -2.29. The van der Waals surface area contributed by atoms with Crippen molar-refractivity contribution in [3.8, 4) is 0 Å². The van der Waals surface area contributed by atoms with E-state index in [-0.39, 0.29) is 12.3 Å². The molecule has 0 bridgehead atoms. The summed E-state index contributed by atoms with van der Waals surface area (Å²) < 4.78 is 0. The van der Waals surface area contributed by atoms with Crippen LogP contribution in [0.2, 0.25) is 0 Å². The Hall–Kier alpha value is -4.40. The van der Waals surface area contributed by atoms with E-state index in [0.29, 0.717) is 6.42 Å². The number of primary amides is 1. The SMILES string of the molecule is CC[C@H](C)[C@H](NC(=O)[C@H](CC(C)C)NC(=O)[C@H](CC(N)=O)NC(=O)[C@H](CO)NC(=O)[C@H](C)NC(=O)[C@@H](N)CO)C(=O)N[C@@H](CO)C(=O)O. The summed E-state index contributed by atoms with van der Waals surface area (Å²) in [5.41, 5.74) is 10.7. The maximum absolute atomic E-state index is 13.4. The molecule has 20 nitrogen and oxygen atoms in total. The minimum absolute atomic E-state index is 0.0108. The molecule has 48 heavy (non-hydrogen) atoms. The second kappa shape index (κ2) is 21.5. The number of carboxylic acids is 1. The summed E-state index contributed by atoms with van der Waals surface area (Å²) in [6.07, 6.45) is -0.384. The van der Waals surface area contributed by atoms with Gasteiger partial charge in [-0.15, -0.1) is 0 Å². The van der Waals surface area contributed by atoms with Gasteiger partial charge in [-0.2, -0.15) is 0 Å². The van der Waals surface area contributed by atoms with Gasteiger partial charge in [-0.3, -0.25) is 33.6 Å². The Kier molecular flexibility index (Phi) is 19.5. The fraction of sp³-hybridized carbons (Fsp3) is 0.714. The highest BCUT2D eigenvalue weighted by atomic mass is 16.4. The van der Waals surface area contributed by atoms with Crippen LogP contribution < -0.4 is 43.4 Å². The minimum Gasteiger partial charge on any atom is -0.480 e. The van der Waals surface area contributed by atoms with Crippen molar-refractivity contribution >= 4 is 47.3 Å². The number of carbonyl (C=O) groups is 8. The number of hydrogen-bond acceptors (Lipinski definition) is 12. The zero-order chi connectivity index (χ0) is 37.3. The summed E-state index contributed by atoms with van der Waals surface area (Å²) in [4.78, 5) is 100. The van der Waals surface area contributed by atoms with Gasteiger partial charge in [-0.1, -0.05) is 34.1 Å². The minimum atomic E-state index is -1.70. The molecule has 0 aromatic rings. The highest BCUT2D eigenvalue weighted by Crippen LogP contribution is 2.12. The number of rotatable bonds is 22. The summed E-state index contributed by atoms with van der Waals surface area (Å²) in [6.45, 7) is 5.43. The van der Waals surface area contributed by atoms with Gasteiger partial charge in [0.25, 0.3) is 0 Å². The molecule has 0 saturated heterocycles. The molecular weight excluding hydrogens is 640 g/mol. The van der Waals surface area contributed by atoms with Crippen LogP contribution in [0.4, 0.5) is 0 Å². The highest BCUT2D eigenvalue weighted by molar-refractivity contribution is 5.98. The van der Waals surface area contributed by atoms with E-state index in [4.69, 9.17) is 16.6 Å². The lowest BCUT2D eigenvalue weighted by molar-refractivity contribution is -0.143. The average Bonchev–Trinajstić information content (AvgIpc) is 3.01. The number of hydrogen-bond donors (Lipinski definition) is 12. The summed E-state index contributed by atoms with van der Waals surface area (Å²) in [5.74, 6) is -9.01. The third-order valence-corrected chi connectivity index (χ3v) is 7.07. The first-order valence-electron chi connectivity index (χ1n) is 15.2. The average molecular weight is 691 g/mol. The molecule has 20 heteroatoms. The summed E-state index contributed by atoms with van der Waals surface area (Å²) in [7, 11) is 0. The largest absolute Gasteiger partial charge is 0.480 e. The van der Waals surface area contributed by atoms with Crippen molar-refractivity contribution in [2.45, 2.75) is 96.2 Å². The van der Waals surface area contributed by atoms with Gasteiger partial charge in [0.15, 0.2) is 0 Å². The summed E-state index contributed by atoms with van der Waals surface area (Å²) >= 11 is 0. The van der Waals surface area contributed by atoms with Crippen LogP contribution in [0.3, 0.4) is 0 Å². The van der Waals surface area contributed by atoms with Gasteiger partial charge in [0.05, 0.1) is 26.2 Å². The number of carboxylic acid groups (broad SMARTS) is 1. The number of carbonyl (C=O) groups excluding carboxylic acids is 7. The Bertz CT molecular complexity index is 1150. The van der Waals surface area contributed by atoms with Crippen molar-refractivity contribution in [1.82, 2.24) is 31.9 Å². The van der Waals surface area contributed by atoms with Crippen molar-refractivity contribution in [2.75, 3.05) is 19.8 Å². The van der Waals surface area contributed by atoms with Gasteiger partial charge in [-0.25, -0.2) is 4.79 Å². The van der Waals surface area contributed by atoms with E-state index < -0.39 is 122 Å². The zero-order valence-corrected chi connectivity index (χ0v) is 27.6. The van der Waals surface area contributed by atoms with E-state index in [0.717, 1.165) is 0 Å². The third-order valence-electron chi connectivity index (χ3n) is 7.07. The molecule has 0 aromatic heterocycles. The lowest BCUT2D eigenvalue weighted by atomic mass is 9.96. The van der Waals surface area contributed by atoms with E-state index in [1.54, 1.807) is 27.7 Å². The van der Waals surface area contributed by atoms with Crippen molar-refractivity contribution in [1.29, 1.82) is 0 Å². The topological polar surface area (TPSA) is 342 Å². The number of aliphatic carboxylic acids is 1. The predicted molar refractivity (Wildman–Crippen MR) is 167 cm³/mol. The molecule has 14 N–H and O–H groups in total. The van der Waals surface area contributed by atoms with Crippen LogP contribution in [0.15, 0.2) is 0 Å². The van der Waals surface area contributed by atoms with Crippen molar-refractivity contribution in [2.24, 2.45) is 23.3 Å². The molecule has 0 rings (SSSR count). The number of aliphatic hydroxyl groups is 3. The number of nitrogens with one attached hydrogen (secondary N) is 6. The van der Waals surface area contributed by atoms with Gasteiger partial charge in [0.1, 0.15) is 42.3 Å². The predicted octanol–water partition coefficient (Wildman–Crippen LogP) is -5.73. The lowest BCUT2D eigenvalue weighted by Crippen LogP contribution is -2.61. The van der Waals surface area contributed by atoms with Gasteiger partial charge in [0, 0.05) is 0 Å². The molecule has 0 saturated carbocycles. The number of amides is 7. The second-order valence-corrected chi connectivity index (χ2v) is 11.6. The molecule has 0 aromatic carbocycles. The third kappa shape index (κ3) is 15.0. The molecule has 0 radical (unpaired) electrons. The van der Waals surface area contributed by atoms with Crippen LogP contribution in [-0.2, 0) is 38.4 Å². The van der Waals surface area contributed by atoms with E-state index in [1.807, 2.05) is 0 Å². The molecule has 7 amide bonds. The van der Waals surface area contributed by atoms with Crippen LogP contribution in [0.1, 0.15) is 53.9 Å². The summed E-state index contributed by atoms with van der Waals surface area (Å²) in [5, 5.41) is 50.8. The fourth-order valence-corrected chi connectivity index (χ4v) is 4.02. The van der Waals surface area contributed by atoms with Gasteiger partial charge in [0.2, 0.25) is 41.4 Å². The van der Waals surface area contributed by atoms with E-state index >= 15 is 0 Å². The quantitative estimate of drug-likeness (QED) is 0.0504. The first-order valence-corrected chi connectivity index (χ1v) is 15.2. The zero-order valence-electron chi connectivity index (χ0n) is 27.6. The van der Waals surface area contributed by atoms with Crippen LogP contribution in [0.25, 0.3) is 0 Å². The van der Waals surface area contributed by atoms with Gasteiger partial charge >= 0.3 is 5.97 Å². The molecule has 274 valence electrons. The first kappa shape index (κ1) is 43.6. The maximum atomic E-state index is 13.4. The fourth-order valence-electron chi connectivity index (χ4n) is 4.02. The van der Waals surface area contributed by atoms with E-state index in [2.05, 4.69) is 31.9 Å². The molecule has 0 aliphatic rings. The molecular formula is C28H50N8O12. The van der Waals surface area contributed by atoms with Gasteiger partial charge in [-0.05, 0) is 25.2 Å². The van der Waals surface area contributed by atoms with Crippen molar-refractivity contribution in [3.05, 3.63) is 0 Å². The van der Waals surface area contributed by atoms with Crippen LogP contribution in [-0.4, -0.2) is 130 Å². The molecule has 8 atom stereocenters. The summed E-state index contributed by atoms with van der Waals surface area (Å²) in [6, 6.07) is -10.2. The van der Waals surface area contributed by atoms with Crippen LogP contribution in [0, 0.1) is 11.8 Å². The molecule has 0 heterocycles. The monoisotopic (exact) mass is 690 g/mol. The Morgan fingerprint density at radius 1 is 0.604 bits per heavy atom. The standard InChI is InChI=1S/C28H50N8O12/c1-6-13(4)21(27(46)35-19(11-39)28(47)48)36-25(44)16(7-12(2)3)32-24(43)17(8-20(30)40)33-26(45)18(10-38)34-22(41)14(5)31-23(42)15(29)9-37/h12-19,21,37-39H,6-11,29H2,1-5H3,(H2,30,40)(H,31,42)(H,32,43)(H,33,45)(H,34,41)(H,35,46)(H,36,44)(H,47,48)/t13-,14-,15-,16-,17-,18-,19-,21-/m0/s1. The molecule has 0 unspecified atom stereocenters. The van der Waals surface area contributed by atoms with E-state index in [1.165, 1.54) is 6.92 Å². The highest BCUT2D eigenvalue weighted by Gasteiger charge is 2.35. The smallest absolute Gasteiger partial charge is 0.328 e. The van der Waals surface area contributed by atoms with Crippen LogP contribution in [0.5, 0.6) is 0 Å². The Labute approximate surface area is 277 Å². The molecule has 0 aliphatic heterocycles. The number of aliphatic hydroxyl groups excluding tert-OH is 3. The number of nitrogens with two attached hydrogens (primary N) is 2. The van der Waals surface area contributed by atoms with Crippen molar-refractivity contribution in [3.63, 3.8) is 0 Å².